The third-order valence-electron chi connectivity index (χ3n) is 4.16. The van der Waals surface area contributed by atoms with Crippen molar-refractivity contribution < 1.29 is 4.79 Å². The molecule has 1 aromatic carbocycles. The molecule has 0 aromatic heterocycles. The lowest BCUT2D eigenvalue weighted by Crippen LogP contribution is -2.53. The predicted octanol–water partition coefficient (Wildman–Crippen LogP) is 3.25. The number of hydrogen-bond acceptors (Lipinski definition) is 2. The molecule has 1 aliphatic heterocycles. The number of aryl methyl sites for hydroxylation is 2. The van der Waals surface area contributed by atoms with Gasteiger partial charge in [-0.05, 0) is 51.8 Å². The number of likely N-dealkylation sites (tertiary alicyclic amines) is 1. The van der Waals surface area contributed by atoms with Crippen molar-refractivity contribution in [3.8, 4) is 0 Å². The molecule has 0 aliphatic carbocycles. The van der Waals surface area contributed by atoms with Crippen LogP contribution in [-0.2, 0) is 11.3 Å². The molecule has 2 rings (SSSR count). The number of rotatable bonds is 2. The normalized spacial score (nSPS) is 20.1. The van der Waals surface area contributed by atoms with Gasteiger partial charge in [0.15, 0.2) is 5.78 Å². The second-order valence-corrected chi connectivity index (χ2v) is 5.94. The van der Waals surface area contributed by atoms with Gasteiger partial charge in [0.05, 0.1) is 5.54 Å². The van der Waals surface area contributed by atoms with Gasteiger partial charge in [0.1, 0.15) is 0 Å². The van der Waals surface area contributed by atoms with Gasteiger partial charge in [-0.3, -0.25) is 9.69 Å². The third kappa shape index (κ3) is 2.49. The van der Waals surface area contributed by atoms with Gasteiger partial charge in [-0.2, -0.15) is 0 Å². The van der Waals surface area contributed by atoms with Crippen molar-refractivity contribution in [2.24, 2.45) is 0 Å². The van der Waals surface area contributed by atoms with Crippen molar-refractivity contribution in [3.63, 3.8) is 0 Å². The van der Waals surface area contributed by atoms with Crippen LogP contribution in [0.3, 0.4) is 0 Å². The van der Waals surface area contributed by atoms with Crippen LogP contribution in [0.1, 0.15) is 43.4 Å². The number of carbonyl (C=O) groups is 1. The van der Waals surface area contributed by atoms with Crippen LogP contribution in [0.15, 0.2) is 18.2 Å². The predicted molar refractivity (Wildman–Crippen MR) is 74.6 cm³/mol. The molecule has 0 radical (unpaired) electrons. The van der Waals surface area contributed by atoms with E-state index in [4.69, 9.17) is 0 Å². The Hall–Kier alpha value is -1.15. The Labute approximate surface area is 110 Å². The molecule has 18 heavy (non-hydrogen) atoms. The Kier molecular flexibility index (Phi) is 3.58. The Morgan fingerprint density at radius 3 is 2.67 bits per heavy atom. The quantitative estimate of drug-likeness (QED) is 0.797. The van der Waals surface area contributed by atoms with Gasteiger partial charge in [0.25, 0.3) is 0 Å². The molecule has 0 N–H and O–H groups in total. The molecule has 0 atom stereocenters. The summed E-state index contributed by atoms with van der Waals surface area (Å²) in [6.07, 6.45) is 1.73. The summed E-state index contributed by atoms with van der Waals surface area (Å²) in [6.45, 7) is 10.3. The lowest BCUT2D eigenvalue weighted by atomic mass is 9.88. The summed E-state index contributed by atoms with van der Waals surface area (Å²) in [7, 11) is 0. The smallest absolute Gasteiger partial charge is 0.152 e. The first-order valence-electron chi connectivity index (χ1n) is 6.76. The van der Waals surface area contributed by atoms with Crippen LogP contribution in [0.5, 0.6) is 0 Å². The minimum absolute atomic E-state index is 0.310. The molecule has 0 saturated carbocycles. The third-order valence-corrected chi connectivity index (χ3v) is 4.16. The molecular weight excluding hydrogens is 222 g/mol. The lowest BCUT2D eigenvalue weighted by molar-refractivity contribution is -0.133. The molecule has 98 valence electrons. The summed E-state index contributed by atoms with van der Waals surface area (Å²) in [5.74, 6) is 0.374. The molecule has 0 spiro atoms. The van der Waals surface area contributed by atoms with E-state index in [9.17, 15) is 4.79 Å². The standard InChI is InChI=1S/C16H23NO/c1-12-7-8-14(13(2)10-12)11-17-9-5-6-15(18)16(17,3)4/h7-8,10H,5-6,9,11H2,1-4H3. The zero-order valence-corrected chi connectivity index (χ0v) is 11.9. The molecule has 1 saturated heterocycles. The summed E-state index contributed by atoms with van der Waals surface area (Å²) in [4.78, 5) is 14.3. The summed E-state index contributed by atoms with van der Waals surface area (Å²) in [5.41, 5.74) is 3.65. The first kappa shape index (κ1) is 13.3. The summed E-state index contributed by atoms with van der Waals surface area (Å²) >= 11 is 0. The Balaban J connectivity index is 2.20. The van der Waals surface area contributed by atoms with E-state index in [0.29, 0.717) is 5.78 Å². The molecule has 1 fully saturated rings. The fourth-order valence-corrected chi connectivity index (χ4v) is 2.70. The van der Waals surface area contributed by atoms with E-state index in [1.807, 2.05) is 0 Å². The van der Waals surface area contributed by atoms with E-state index < -0.39 is 0 Å². The molecule has 0 amide bonds. The number of piperidine rings is 1. The monoisotopic (exact) mass is 245 g/mol. The SMILES string of the molecule is Cc1ccc(CN2CCCC(=O)C2(C)C)c(C)c1. The average molecular weight is 245 g/mol. The fourth-order valence-electron chi connectivity index (χ4n) is 2.70. The second kappa shape index (κ2) is 4.85. The van der Waals surface area contributed by atoms with E-state index in [-0.39, 0.29) is 5.54 Å². The van der Waals surface area contributed by atoms with Gasteiger partial charge < -0.3 is 0 Å². The van der Waals surface area contributed by atoms with Crippen LogP contribution < -0.4 is 0 Å². The highest BCUT2D eigenvalue weighted by Gasteiger charge is 2.36. The average Bonchev–Trinajstić information content (AvgIpc) is 2.28. The van der Waals surface area contributed by atoms with Crippen LogP contribution in [0.2, 0.25) is 0 Å². The highest BCUT2D eigenvalue weighted by Crippen LogP contribution is 2.27. The maximum atomic E-state index is 12.0. The van der Waals surface area contributed by atoms with Crippen LogP contribution in [0.4, 0.5) is 0 Å². The Bertz CT molecular complexity index is 462. The van der Waals surface area contributed by atoms with Crippen molar-refractivity contribution in [1.29, 1.82) is 0 Å². The number of carbonyl (C=O) groups excluding carboxylic acids is 1. The topological polar surface area (TPSA) is 20.3 Å². The van der Waals surface area contributed by atoms with Crippen molar-refractivity contribution in [2.75, 3.05) is 6.54 Å². The lowest BCUT2D eigenvalue weighted by Gasteiger charge is -2.41. The van der Waals surface area contributed by atoms with E-state index in [2.05, 4.69) is 50.8 Å². The zero-order chi connectivity index (χ0) is 13.3. The van der Waals surface area contributed by atoms with Crippen LogP contribution in [0.25, 0.3) is 0 Å². The van der Waals surface area contributed by atoms with E-state index >= 15 is 0 Å². The highest BCUT2D eigenvalue weighted by molar-refractivity contribution is 5.88. The maximum Gasteiger partial charge on any atom is 0.152 e. The first-order chi connectivity index (χ1) is 8.41. The molecule has 2 nitrogen and oxygen atoms in total. The largest absolute Gasteiger partial charge is 0.298 e. The minimum atomic E-state index is -0.310. The number of ketones is 1. The molecule has 1 aliphatic rings. The second-order valence-electron chi connectivity index (χ2n) is 5.94. The van der Waals surface area contributed by atoms with Crippen molar-refractivity contribution in [1.82, 2.24) is 4.90 Å². The summed E-state index contributed by atoms with van der Waals surface area (Å²) in [5, 5.41) is 0. The van der Waals surface area contributed by atoms with Crippen LogP contribution in [0, 0.1) is 13.8 Å². The number of hydrogen-bond donors (Lipinski definition) is 0. The van der Waals surface area contributed by atoms with Gasteiger partial charge in [0, 0.05) is 13.0 Å². The molecule has 0 bridgehead atoms. The van der Waals surface area contributed by atoms with Crippen molar-refractivity contribution in [3.05, 3.63) is 34.9 Å². The minimum Gasteiger partial charge on any atom is -0.298 e. The summed E-state index contributed by atoms with van der Waals surface area (Å²) < 4.78 is 0. The van der Waals surface area contributed by atoms with Crippen molar-refractivity contribution in [2.45, 2.75) is 52.6 Å². The molecule has 2 heteroatoms. The van der Waals surface area contributed by atoms with E-state index in [1.165, 1.54) is 16.7 Å². The van der Waals surface area contributed by atoms with Gasteiger partial charge in [-0.15, -0.1) is 0 Å². The molecule has 0 unspecified atom stereocenters. The van der Waals surface area contributed by atoms with Gasteiger partial charge in [-0.25, -0.2) is 0 Å². The molecule has 1 heterocycles. The van der Waals surface area contributed by atoms with E-state index in [1.54, 1.807) is 0 Å². The highest BCUT2D eigenvalue weighted by atomic mass is 16.1. The zero-order valence-electron chi connectivity index (χ0n) is 11.9. The van der Waals surface area contributed by atoms with Crippen molar-refractivity contribution >= 4 is 5.78 Å². The summed E-state index contributed by atoms with van der Waals surface area (Å²) in [6, 6.07) is 6.56. The fraction of sp³-hybridized carbons (Fsp3) is 0.562. The maximum absolute atomic E-state index is 12.0. The van der Waals surface area contributed by atoms with E-state index in [0.717, 1.165) is 25.9 Å². The molecule has 1 aromatic rings. The first-order valence-corrected chi connectivity index (χ1v) is 6.76. The Morgan fingerprint density at radius 1 is 1.28 bits per heavy atom. The number of nitrogens with zero attached hydrogens (tertiary/aromatic N) is 1. The number of benzene rings is 1. The van der Waals surface area contributed by atoms with Gasteiger partial charge in [0.2, 0.25) is 0 Å². The van der Waals surface area contributed by atoms with Gasteiger partial charge in [-0.1, -0.05) is 23.8 Å². The van der Waals surface area contributed by atoms with Crippen LogP contribution >= 0.6 is 0 Å². The molecular formula is C16H23NO. The Morgan fingerprint density at radius 2 is 2.00 bits per heavy atom. The number of Topliss-reactive ketones (excluding diaryl/α,β-unsaturated/α-hetero) is 1. The van der Waals surface area contributed by atoms with Crippen LogP contribution in [-0.4, -0.2) is 22.8 Å². The van der Waals surface area contributed by atoms with Gasteiger partial charge >= 0.3 is 0 Å².